The lowest BCUT2D eigenvalue weighted by atomic mass is 9.91. The second-order valence-electron chi connectivity index (χ2n) is 5.24. The van der Waals surface area contributed by atoms with Crippen LogP contribution in [0.3, 0.4) is 0 Å². The molecule has 0 unspecified atom stereocenters. The Bertz CT molecular complexity index is 362. The van der Waals surface area contributed by atoms with Crippen LogP contribution in [-0.4, -0.2) is 24.6 Å². The number of aliphatic hydroxyl groups is 1. The normalized spacial score (nSPS) is 14.2. The van der Waals surface area contributed by atoms with Crippen molar-refractivity contribution in [2.45, 2.75) is 33.0 Å². The lowest BCUT2D eigenvalue weighted by molar-refractivity contribution is -0.122. The van der Waals surface area contributed by atoms with Crippen LogP contribution in [0.5, 0.6) is 0 Å². The molecule has 0 aliphatic rings. The van der Waals surface area contributed by atoms with E-state index in [9.17, 15) is 0 Å². The van der Waals surface area contributed by atoms with E-state index in [0.717, 1.165) is 5.56 Å². The zero-order valence-corrected chi connectivity index (χ0v) is 12.5. The summed E-state index contributed by atoms with van der Waals surface area (Å²) >= 11 is 0. The first kappa shape index (κ1) is 16.9. The van der Waals surface area contributed by atoms with Crippen molar-refractivity contribution in [3.8, 4) is 0 Å². The molecule has 112 valence electrons. The summed E-state index contributed by atoms with van der Waals surface area (Å²) in [5.41, 5.74) is 1.13. The summed E-state index contributed by atoms with van der Waals surface area (Å²) in [5, 5.41) is 9.08. The maximum atomic E-state index is 9.08. The molecule has 0 bridgehead atoms. The summed E-state index contributed by atoms with van der Waals surface area (Å²) in [6.45, 7) is 8.99. The first-order valence-corrected chi connectivity index (χ1v) is 7.15. The van der Waals surface area contributed by atoms with E-state index in [1.807, 2.05) is 36.4 Å². The van der Waals surface area contributed by atoms with Gasteiger partial charge in [0.05, 0.1) is 12.7 Å². The van der Waals surface area contributed by atoms with Gasteiger partial charge in [-0.2, -0.15) is 0 Å². The summed E-state index contributed by atoms with van der Waals surface area (Å²) in [5.74, 6) is 0.505. The van der Waals surface area contributed by atoms with Crippen molar-refractivity contribution in [2.75, 3.05) is 13.4 Å². The summed E-state index contributed by atoms with van der Waals surface area (Å²) in [6.07, 6.45) is 2.55. The van der Waals surface area contributed by atoms with Crippen LogP contribution < -0.4 is 0 Å². The maximum absolute atomic E-state index is 9.08. The summed E-state index contributed by atoms with van der Waals surface area (Å²) in [7, 11) is 0. The Labute approximate surface area is 122 Å². The average Bonchev–Trinajstić information content (AvgIpc) is 2.46. The van der Waals surface area contributed by atoms with Crippen LogP contribution in [-0.2, 0) is 16.1 Å². The minimum Gasteiger partial charge on any atom is -0.396 e. The lowest BCUT2D eigenvalue weighted by Crippen LogP contribution is -2.29. The van der Waals surface area contributed by atoms with Crippen molar-refractivity contribution < 1.29 is 14.6 Å². The zero-order chi connectivity index (χ0) is 14.8. The third-order valence-electron chi connectivity index (χ3n) is 3.30. The summed E-state index contributed by atoms with van der Waals surface area (Å²) in [4.78, 5) is 0. The summed E-state index contributed by atoms with van der Waals surface area (Å²) < 4.78 is 11.4. The first-order valence-electron chi connectivity index (χ1n) is 7.15. The van der Waals surface area contributed by atoms with Gasteiger partial charge in [-0.15, -0.1) is 6.58 Å². The largest absolute Gasteiger partial charge is 0.396 e. The molecule has 3 heteroatoms. The fourth-order valence-corrected chi connectivity index (χ4v) is 2.24. The van der Waals surface area contributed by atoms with Crippen LogP contribution in [0, 0.1) is 11.8 Å². The predicted molar refractivity (Wildman–Crippen MR) is 81.2 cm³/mol. The second-order valence-corrected chi connectivity index (χ2v) is 5.24. The van der Waals surface area contributed by atoms with Gasteiger partial charge in [-0.3, -0.25) is 0 Å². The monoisotopic (exact) mass is 278 g/mol. The van der Waals surface area contributed by atoms with Gasteiger partial charge in [0, 0.05) is 12.5 Å². The van der Waals surface area contributed by atoms with Crippen LogP contribution in [0.2, 0.25) is 0 Å². The molecule has 0 saturated carbocycles. The Balaban J connectivity index is 2.37. The average molecular weight is 278 g/mol. The van der Waals surface area contributed by atoms with Gasteiger partial charge in [-0.1, -0.05) is 50.3 Å². The maximum Gasteiger partial charge on any atom is 0.147 e. The lowest BCUT2D eigenvalue weighted by Gasteiger charge is -2.27. The topological polar surface area (TPSA) is 38.7 Å². The van der Waals surface area contributed by atoms with E-state index in [0.29, 0.717) is 18.9 Å². The van der Waals surface area contributed by atoms with Crippen molar-refractivity contribution in [2.24, 2.45) is 11.8 Å². The molecule has 1 aromatic rings. The molecule has 0 spiro atoms. The zero-order valence-electron chi connectivity index (χ0n) is 12.5. The molecule has 2 atom stereocenters. The Kier molecular flexibility index (Phi) is 8.19. The molecule has 1 aromatic carbocycles. The summed E-state index contributed by atoms with van der Waals surface area (Å²) in [6, 6.07) is 10.0. The van der Waals surface area contributed by atoms with Gasteiger partial charge in [0.15, 0.2) is 0 Å². The van der Waals surface area contributed by atoms with E-state index in [-0.39, 0.29) is 25.4 Å². The standard InChI is InChI=1S/C17H26O3/c1-4-16(10-11-18)17(14(2)3)20-13-19-12-15-8-6-5-7-9-15/h4-9,14,16-18H,1,10-13H2,2-3H3/t16-,17+/m0/s1. The van der Waals surface area contributed by atoms with Gasteiger partial charge in [-0.25, -0.2) is 0 Å². The van der Waals surface area contributed by atoms with Gasteiger partial charge >= 0.3 is 0 Å². The van der Waals surface area contributed by atoms with Crippen LogP contribution >= 0.6 is 0 Å². The van der Waals surface area contributed by atoms with Crippen molar-refractivity contribution in [1.82, 2.24) is 0 Å². The number of aliphatic hydroxyl groups excluding tert-OH is 1. The highest BCUT2D eigenvalue weighted by Gasteiger charge is 2.22. The van der Waals surface area contributed by atoms with Crippen molar-refractivity contribution >= 4 is 0 Å². The molecule has 0 fully saturated rings. The SMILES string of the molecule is C=C[C@@H](CCO)[C@H](OCOCc1ccccc1)C(C)C. The second kappa shape index (κ2) is 9.70. The quantitative estimate of drug-likeness (QED) is 0.405. The highest BCUT2D eigenvalue weighted by atomic mass is 16.7. The molecule has 20 heavy (non-hydrogen) atoms. The molecule has 1 rings (SSSR count). The number of rotatable bonds is 10. The van der Waals surface area contributed by atoms with Crippen LogP contribution in [0.1, 0.15) is 25.8 Å². The van der Waals surface area contributed by atoms with Crippen molar-refractivity contribution in [3.63, 3.8) is 0 Å². The molecule has 1 N–H and O–H groups in total. The van der Waals surface area contributed by atoms with Crippen molar-refractivity contribution in [3.05, 3.63) is 48.6 Å². The van der Waals surface area contributed by atoms with E-state index in [1.165, 1.54) is 0 Å². The Hall–Kier alpha value is -1.16. The van der Waals surface area contributed by atoms with Crippen LogP contribution in [0.15, 0.2) is 43.0 Å². The molecule has 0 heterocycles. The smallest absolute Gasteiger partial charge is 0.147 e. The van der Waals surface area contributed by atoms with Crippen LogP contribution in [0.4, 0.5) is 0 Å². The molecular weight excluding hydrogens is 252 g/mol. The van der Waals surface area contributed by atoms with Crippen molar-refractivity contribution in [1.29, 1.82) is 0 Å². The van der Waals surface area contributed by atoms with Gasteiger partial charge in [0.1, 0.15) is 6.79 Å². The van der Waals surface area contributed by atoms with E-state index in [1.54, 1.807) is 0 Å². The highest BCUT2D eigenvalue weighted by Crippen LogP contribution is 2.21. The van der Waals surface area contributed by atoms with Crippen LogP contribution in [0.25, 0.3) is 0 Å². The minimum atomic E-state index is 0.0235. The molecule has 0 aliphatic heterocycles. The van der Waals surface area contributed by atoms with E-state index in [4.69, 9.17) is 14.6 Å². The van der Waals surface area contributed by atoms with E-state index >= 15 is 0 Å². The number of benzene rings is 1. The molecule has 0 aliphatic carbocycles. The molecule has 0 amide bonds. The Morgan fingerprint density at radius 2 is 1.95 bits per heavy atom. The molecule has 0 saturated heterocycles. The molecular formula is C17H26O3. The Morgan fingerprint density at radius 3 is 2.50 bits per heavy atom. The fourth-order valence-electron chi connectivity index (χ4n) is 2.24. The third-order valence-corrected chi connectivity index (χ3v) is 3.30. The first-order chi connectivity index (χ1) is 9.69. The third kappa shape index (κ3) is 5.87. The molecule has 3 nitrogen and oxygen atoms in total. The van der Waals surface area contributed by atoms with E-state index < -0.39 is 0 Å². The van der Waals surface area contributed by atoms with E-state index in [2.05, 4.69) is 20.4 Å². The number of hydrogen-bond acceptors (Lipinski definition) is 3. The Morgan fingerprint density at radius 1 is 1.25 bits per heavy atom. The predicted octanol–water partition coefficient (Wildman–Crippen LogP) is 3.39. The van der Waals surface area contributed by atoms with Gasteiger partial charge in [0.2, 0.25) is 0 Å². The number of ether oxygens (including phenoxy) is 2. The number of hydrogen-bond donors (Lipinski definition) is 1. The van der Waals surface area contributed by atoms with Gasteiger partial charge < -0.3 is 14.6 Å². The minimum absolute atomic E-state index is 0.0235. The molecule has 0 aromatic heterocycles. The van der Waals surface area contributed by atoms with Gasteiger partial charge in [0.25, 0.3) is 0 Å². The molecule has 0 radical (unpaired) electrons. The highest BCUT2D eigenvalue weighted by molar-refractivity contribution is 5.13. The fraction of sp³-hybridized carbons (Fsp3) is 0.529. The van der Waals surface area contributed by atoms with Gasteiger partial charge in [-0.05, 0) is 17.9 Å².